The van der Waals surface area contributed by atoms with E-state index in [1.54, 1.807) is 38.3 Å². The van der Waals surface area contributed by atoms with Crippen molar-refractivity contribution in [1.29, 1.82) is 0 Å². The number of carbonyl (C=O) groups is 2. The molecular formula is C30H36FN3O6S. The highest BCUT2D eigenvalue weighted by atomic mass is 32.2. The molecule has 0 fully saturated rings. The van der Waals surface area contributed by atoms with Crippen LogP contribution in [0, 0.1) is 11.7 Å². The first-order chi connectivity index (χ1) is 19.5. The molecule has 0 saturated carbocycles. The molecule has 1 atom stereocenters. The number of ether oxygens (including phenoxy) is 2. The largest absolute Gasteiger partial charge is 0.497 e. The van der Waals surface area contributed by atoms with Crippen molar-refractivity contribution >= 4 is 27.5 Å². The van der Waals surface area contributed by atoms with Crippen molar-refractivity contribution in [3.05, 3.63) is 84.2 Å². The first-order valence-electron chi connectivity index (χ1n) is 13.1. The normalized spacial score (nSPS) is 12.0. The Morgan fingerprint density at radius 3 is 1.90 bits per heavy atom. The minimum absolute atomic E-state index is 0.0406. The van der Waals surface area contributed by atoms with Gasteiger partial charge in [0, 0.05) is 13.1 Å². The van der Waals surface area contributed by atoms with Crippen LogP contribution in [0.15, 0.2) is 77.7 Å². The molecule has 9 nitrogen and oxygen atoms in total. The number of sulfonamides is 1. The number of anilines is 1. The van der Waals surface area contributed by atoms with E-state index in [1.807, 2.05) is 13.8 Å². The second-order valence-corrected chi connectivity index (χ2v) is 11.7. The van der Waals surface area contributed by atoms with Crippen molar-refractivity contribution in [3.63, 3.8) is 0 Å². The fourth-order valence-electron chi connectivity index (χ4n) is 3.97. The van der Waals surface area contributed by atoms with Crippen LogP contribution in [0.25, 0.3) is 0 Å². The van der Waals surface area contributed by atoms with Crippen LogP contribution in [-0.2, 0) is 26.2 Å². The van der Waals surface area contributed by atoms with Gasteiger partial charge in [-0.1, -0.05) is 26.0 Å². The summed E-state index contributed by atoms with van der Waals surface area (Å²) in [5.74, 6) is -0.261. The van der Waals surface area contributed by atoms with E-state index in [-0.39, 0.29) is 29.0 Å². The molecule has 3 rings (SSSR count). The zero-order valence-electron chi connectivity index (χ0n) is 23.8. The van der Waals surface area contributed by atoms with Gasteiger partial charge in [-0.25, -0.2) is 12.8 Å². The predicted octanol–water partition coefficient (Wildman–Crippen LogP) is 4.23. The number of nitrogens with zero attached hydrogens (tertiary/aromatic N) is 2. The molecule has 0 heterocycles. The van der Waals surface area contributed by atoms with Crippen LogP contribution in [0.2, 0.25) is 0 Å². The lowest BCUT2D eigenvalue weighted by atomic mass is 10.1. The second-order valence-electron chi connectivity index (χ2n) is 9.85. The van der Waals surface area contributed by atoms with E-state index in [2.05, 4.69) is 5.32 Å². The fourth-order valence-corrected chi connectivity index (χ4v) is 5.39. The van der Waals surface area contributed by atoms with E-state index in [9.17, 15) is 22.4 Å². The summed E-state index contributed by atoms with van der Waals surface area (Å²) in [6.45, 7) is 5.33. The molecule has 1 N–H and O–H groups in total. The SMILES string of the molecule is COc1ccc(CN(C(=O)CN(c2ccc(F)cc2)S(=O)(=O)c2ccc(OC)cc2)[C@@H](C)C(=O)NCC(C)C)cc1. The summed E-state index contributed by atoms with van der Waals surface area (Å²) in [6, 6.07) is 16.6. The highest BCUT2D eigenvalue weighted by Gasteiger charge is 2.32. The molecule has 2 amide bonds. The molecule has 11 heteroatoms. The lowest BCUT2D eigenvalue weighted by Gasteiger charge is -2.32. The van der Waals surface area contributed by atoms with Crippen molar-refractivity contribution in [1.82, 2.24) is 10.2 Å². The third kappa shape index (κ3) is 8.20. The first-order valence-corrected chi connectivity index (χ1v) is 14.5. The number of halogens is 1. The van der Waals surface area contributed by atoms with E-state index in [4.69, 9.17) is 9.47 Å². The van der Waals surface area contributed by atoms with Crippen LogP contribution < -0.4 is 19.1 Å². The highest BCUT2D eigenvalue weighted by Crippen LogP contribution is 2.26. The van der Waals surface area contributed by atoms with Gasteiger partial charge < -0.3 is 19.7 Å². The van der Waals surface area contributed by atoms with Gasteiger partial charge in [0.2, 0.25) is 11.8 Å². The van der Waals surface area contributed by atoms with E-state index in [1.165, 1.54) is 48.4 Å². The molecule has 0 aliphatic rings. The molecule has 3 aromatic carbocycles. The lowest BCUT2D eigenvalue weighted by Crippen LogP contribution is -2.51. The molecule has 0 aliphatic heterocycles. The number of hydrogen-bond acceptors (Lipinski definition) is 6. The minimum Gasteiger partial charge on any atom is -0.497 e. The molecule has 0 aliphatic carbocycles. The fraction of sp³-hybridized carbons (Fsp3) is 0.333. The van der Waals surface area contributed by atoms with Crippen molar-refractivity contribution in [2.75, 3.05) is 31.6 Å². The summed E-state index contributed by atoms with van der Waals surface area (Å²) >= 11 is 0. The summed E-state index contributed by atoms with van der Waals surface area (Å²) in [6.07, 6.45) is 0. The maximum absolute atomic E-state index is 13.9. The average Bonchev–Trinajstić information content (AvgIpc) is 2.97. The molecule has 3 aromatic rings. The van der Waals surface area contributed by atoms with Gasteiger partial charge in [-0.3, -0.25) is 13.9 Å². The smallest absolute Gasteiger partial charge is 0.264 e. The average molecular weight is 586 g/mol. The third-order valence-corrected chi connectivity index (χ3v) is 8.19. The van der Waals surface area contributed by atoms with Gasteiger partial charge in [-0.15, -0.1) is 0 Å². The third-order valence-electron chi connectivity index (χ3n) is 6.40. The van der Waals surface area contributed by atoms with Gasteiger partial charge in [0.25, 0.3) is 10.0 Å². The summed E-state index contributed by atoms with van der Waals surface area (Å²) in [5.41, 5.74) is 0.811. The molecule has 220 valence electrons. The Bertz CT molecular complexity index is 1410. The van der Waals surface area contributed by atoms with Gasteiger partial charge in [0.1, 0.15) is 29.9 Å². The zero-order valence-corrected chi connectivity index (χ0v) is 24.7. The lowest BCUT2D eigenvalue weighted by molar-refractivity contribution is -0.139. The number of rotatable bonds is 13. The minimum atomic E-state index is -4.28. The molecule has 0 aromatic heterocycles. The molecule has 0 bridgehead atoms. The number of carbonyl (C=O) groups excluding carboxylic acids is 2. The Hall–Kier alpha value is -4.12. The van der Waals surface area contributed by atoms with Crippen LogP contribution in [0.1, 0.15) is 26.3 Å². The summed E-state index contributed by atoms with van der Waals surface area (Å²) < 4.78 is 52.6. The van der Waals surface area contributed by atoms with Crippen LogP contribution in [0.4, 0.5) is 10.1 Å². The van der Waals surface area contributed by atoms with Crippen LogP contribution in [-0.4, -0.2) is 58.5 Å². The second kappa shape index (κ2) is 14.0. The van der Waals surface area contributed by atoms with Gasteiger partial charge in [-0.05, 0) is 79.1 Å². The number of hydrogen-bond donors (Lipinski definition) is 1. The highest BCUT2D eigenvalue weighted by molar-refractivity contribution is 7.92. The topological polar surface area (TPSA) is 105 Å². The quantitative estimate of drug-likeness (QED) is 0.322. The molecular weight excluding hydrogens is 549 g/mol. The molecule has 0 saturated heterocycles. The zero-order chi connectivity index (χ0) is 30.2. The van der Waals surface area contributed by atoms with Crippen LogP contribution >= 0.6 is 0 Å². The van der Waals surface area contributed by atoms with E-state index in [0.29, 0.717) is 23.6 Å². The molecule has 0 unspecified atom stereocenters. The summed E-state index contributed by atoms with van der Waals surface area (Å²) in [5, 5.41) is 2.84. The maximum atomic E-state index is 13.9. The van der Waals surface area contributed by atoms with E-state index >= 15 is 0 Å². The van der Waals surface area contributed by atoms with Crippen molar-refractivity contribution in [3.8, 4) is 11.5 Å². The maximum Gasteiger partial charge on any atom is 0.264 e. The monoisotopic (exact) mass is 585 g/mol. The van der Waals surface area contributed by atoms with Gasteiger partial charge in [0.15, 0.2) is 0 Å². The number of benzene rings is 3. The van der Waals surface area contributed by atoms with Gasteiger partial charge in [-0.2, -0.15) is 0 Å². The van der Waals surface area contributed by atoms with Crippen LogP contribution in [0.3, 0.4) is 0 Å². The standard InChI is InChI=1S/C30H36FN3O6S/c1-21(2)18-32-30(36)22(3)33(19-23-6-12-26(39-4)13-7-23)29(35)20-34(25-10-8-24(31)9-11-25)41(37,38)28-16-14-27(40-5)15-17-28/h6-17,21-22H,18-20H2,1-5H3,(H,32,36)/t22-/m0/s1. The van der Waals surface area contributed by atoms with Crippen molar-refractivity contribution < 1.29 is 31.9 Å². The Morgan fingerprint density at radius 1 is 0.854 bits per heavy atom. The molecule has 41 heavy (non-hydrogen) atoms. The Balaban J connectivity index is 2.00. The van der Waals surface area contributed by atoms with Gasteiger partial charge in [0.05, 0.1) is 24.8 Å². The molecule has 0 spiro atoms. The summed E-state index contributed by atoms with van der Waals surface area (Å²) in [7, 11) is -1.28. The number of methoxy groups -OCH3 is 2. The predicted molar refractivity (Wildman–Crippen MR) is 155 cm³/mol. The summed E-state index contributed by atoms with van der Waals surface area (Å²) in [4.78, 5) is 28.2. The Kier molecular flexibility index (Phi) is 10.7. The van der Waals surface area contributed by atoms with Crippen molar-refractivity contribution in [2.24, 2.45) is 5.92 Å². The van der Waals surface area contributed by atoms with Crippen LogP contribution in [0.5, 0.6) is 11.5 Å². The molecule has 0 radical (unpaired) electrons. The number of amides is 2. The van der Waals surface area contributed by atoms with Gasteiger partial charge >= 0.3 is 0 Å². The Labute approximate surface area is 240 Å². The van der Waals surface area contributed by atoms with E-state index < -0.39 is 34.3 Å². The number of nitrogens with one attached hydrogen (secondary N) is 1. The van der Waals surface area contributed by atoms with E-state index in [0.717, 1.165) is 16.4 Å². The Morgan fingerprint density at radius 2 is 1.39 bits per heavy atom. The first kappa shape index (κ1) is 31.4. The van der Waals surface area contributed by atoms with Crippen molar-refractivity contribution in [2.45, 2.75) is 38.3 Å².